The van der Waals surface area contributed by atoms with Crippen LogP contribution in [0.3, 0.4) is 0 Å². The number of ketones is 1. The van der Waals surface area contributed by atoms with Crippen LogP contribution < -0.4 is 0 Å². The molecule has 2 unspecified atom stereocenters. The van der Waals surface area contributed by atoms with Crippen molar-refractivity contribution in [2.45, 2.75) is 31.9 Å². The summed E-state index contributed by atoms with van der Waals surface area (Å²) in [6.45, 7) is 1.76. The summed E-state index contributed by atoms with van der Waals surface area (Å²) < 4.78 is 14.7. The lowest BCUT2D eigenvalue weighted by molar-refractivity contribution is -0.127. The molecule has 1 fully saturated rings. The van der Waals surface area contributed by atoms with E-state index in [1.807, 2.05) is 0 Å². The minimum Gasteiger partial charge on any atom is -0.299 e. The van der Waals surface area contributed by atoms with E-state index >= 15 is 0 Å². The van der Waals surface area contributed by atoms with Gasteiger partial charge in [0.25, 0.3) is 0 Å². The number of halogens is 2. The van der Waals surface area contributed by atoms with Crippen LogP contribution in [0.15, 0.2) is 18.3 Å². The van der Waals surface area contributed by atoms with Crippen molar-refractivity contribution in [3.63, 3.8) is 0 Å². The summed E-state index contributed by atoms with van der Waals surface area (Å²) in [5, 5.41) is 0.339. The van der Waals surface area contributed by atoms with Gasteiger partial charge < -0.3 is 0 Å². The third-order valence-corrected chi connectivity index (χ3v) is 3.43. The molecule has 0 aromatic carbocycles. The average molecular weight is 242 g/mol. The molecule has 2 rings (SSSR count). The van der Waals surface area contributed by atoms with Gasteiger partial charge in [-0.05, 0) is 25.0 Å². The van der Waals surface area contributed by atoms with Gasteiger partial charge in [0.15, 0.2) is 5.67 Å². The van der Waals surface area contributed by atoms with Crippen molar-refractivity contribution in [1.82, 2.24) is 4.98 Å². The Balaban J connectivity index is 2.33. The number of carbonyl (C=O) groups excluding carboxylic acids is 1. The normalized spacial score (nSPS) is 30.4. The van der Waals surface area contributed by atoms with Gasteiger partial charge in [0, 0.05) is 18.5 Å². The highest BCUT2D eigenvalue weighted by atomic mass is 35.5. The predicted octanol–water partition coefficient (Wildman–Crippen LogP) is 3.29. The van der Waals surface area contributed by atoms with E-state index in [9.17, 15) is 9.18 Å². The van der Waals surface area contributed by atoms with Gasteiger partial charge >= 0.3 is 0 Å². The van der Waals surface area contributed by atoms with Crippen LogP contribution in [0.4, 0.5) is 4.39 Å². The molecule has 1 aromatic rings. The van der Waals surface area contributed by atoms with E-state index in [-0.39, 0.29) is 36.7 Å². The topological polar surface area (TPSA) is 30.0 Å². The largest absolute Gasteiger partial charge is 0.299 e. The highest BCUT2D eigenvalue weighted by Crippen LogP contribution is 2.43. The number of nitrogens with zero attached hydrogens (tertiary/aromatic N) is 1. The van der Waals surface area contributed by atoms with Gasteiger partial charge in [-0.1, -0.05) is 18.5 Å². The first kappa shape index (κ1) is 11.5. The molecule has 1 aliphatic rings. The van der Waals surface area contributed by atoms with E-state index in [2.05, 4.69) is 4.98 Å². The maximum absolute atomic E-state index is 14.7. The standard InChI is InChI=1S/C12H13ClFNO/c1-8-7-12(14,5-4-10(8)16)11-9(13)3-2-6-15-11/h2-3,6,8H,4-5,7H2,1H3. The van der Waals surface area contributed by atoms with Crippen molar-refractivity contribution < 1.29 is 9.18 Å². The molecule has 0 bridgehead atoms. The number of hydrogen-bond donors (Lipinski definition) is 0. The summed E-state index contributed by atoms with van der Waals surface area (Å²) in [5.74, 6) is -0.128. The van der Waals surface area contributed by atoms with Gasteiger partial charge in [-0.25, -0.2) is 4.39 Å². The molecule has 86 valence electrons. The van der Waals surface area contributed by atoms with Gasteiger partial charge in [-0.2, -0.15) is 0 Å². The summed E-state index contributed by atoms with van der Waals surface area (Å²) in [7, 11) is 0. The zero-order chi connectivity index (χ0) is 11.8. The Morgan fingerprint density at radius 3 is 3.00 bits per heavy atom. The second-order valence-corrected chi connectivity index (χ2v) is 4.78. The van der Waals surface area contributed by atoms with Crippen LogP contribution in [0, 0.1) is 5.92 Å². The Bertz CT molecular complexity index is 423. The highest BCUT2D eigenvalue weighted by Gasteiger charge is 2.42. The minimum atomic E-state index is -1.55. The molecule has 1 aromatic heterocycles. The van der Waals surface area contributed by atoms with Crippen molar-refractivity contribution in [3.8, 4) is 0 Å². The summed E-state index contributed by atoms with van der Waals surface area (Å²) in [4.78, 5) is 15.4. The fourth-order valence-corrected chi connectivity index (χ4v) is 2.49. The van der Waals surface area contributed by atoms with Crippen molar-refractivity contribution in [2.75, 3.05) is 0 Å². The van der Waals surface area contributed by atoms with Crippen LogP contribution in [0.1, 0.15) is 31.9 Å². The summed E-state index contributed by atoms with van der Waals surface area (Å²) in [6.07, 6.45) is 2.17. The van der Waals surface area contributed by atoms with Crippen molar-refractivity contribution >= 4 is 17.4 Å². The number of pyridine rings is 1. The molecule has 1 heterocycles. The first-order valence-electron chi connectivity index (χ1n) is 5.35. The zero-order valence-corrected chi connectivity index (χ0v) is 9.80. The predicted molar refractivity (Wildman–Crippen MR) is 60.1 cm³/mol. The second-order valence-electron chi connectivity index (χ2n) is 4.37. The first-order valence-corrected chi connectivity index (χ1v) is 5.73. The number of carbonyl (C=O) groups is 1. The minimum absolute atomic E-state index is 0.125. The maximum atomic E-state index is 14.7. The fourth-order valence-electron chi connectivity index (χ4n) is 2.20. The summed E-state index contributed by atoms with van der Waals surface area (Å²) >= 11 is 5.94. The Hall–Kier alpha value is -0.960. The van der Waals surface area contributed by atoms with Crippen LogP contribution in [0.25, 0.3) is 0 Å². The Morgan fingerprint density at radius 1 is 1.62 bits per heavy atom. The van der Waals surface area contributed by atoms with Gasteiger partial charge in [-0.15, -0.1) is 0 Å². The number of Topliss-reactive ketones (excluding diaryl/α,β-unsaturated/α-hetero) is 1. The van der Waals surface area contributed by atoms with Gasteiger partial charge in [0.05, 0.1) is 10.7 Å². The molecule has 0 saturated heterocycles. The number of alkyl halides is 1. The van der Waals surface area contributed by atoms with E-state index in [1.54, 1.807) is 19.1 Å². The van der Waals surface area contributed by atoms with Crippen LogP contribution >= 0.6 is 11.6 Å². The molecule has 0 spiro atoms. The van der Waals surface area contributed by atoms with E-state index in [1.165, 1.54) is 6.20 Å². The third kappa shape index (κ3) is 1.96. The SMILES string of the molecule is CC1CC(F)(c2ncccc2Cl)CCC1=O. The first-order chi connectivity index (χ1) is 7.53. The lowest BCUT2D eigenvalue weighted by Gasteiger charge is -2.32. The van der Waals surface area contributed by atoms with E-state index < -0.39 is 5.67 Å². The van der Waals surface area contributed by atoms with Crippen molar-refractivity contribution in [3.05, 3.63) is 29.0 Å². The van der Waals surface area contributed by atoms with Crippen molar-refractivity contribution in [2.24, 2.45) is 5.92 Å². The van der Waals surface area contributed by atoms with E-state index in [4.69, 9.17) is 11.6 Å². The second kappa shape index (κ2) is 4.13. The molecule has 2 nitrogen and oxygen atoms in total. The van der Waals surface area contributed by atoms with Crippen LogP contribution in [0.2, 0.25) is 5.02 Å². The lowest BCUT2D eigenvalue weighted by atomic mass is 9.77. The Morgan fingerprint density at radius 2 is 2.38 bits per heavy atom. The average Bonchev–Trinajstić information content (AvgIpc) is 2.25. The molecule has 16 heavy (non-hydrogen) atoms. The van der Waals surface area contributed by atoms with Gasteiger partial charge in [0.1, 0.15) is 5.78 Å². The molecule has 0 radical (unpaired) electrons. The van der Waals surface area contributed by atoms with Crippen LogP contribution in [0.5, 0.6) is 0 Å². The highest BCUT2D eigenvalue weighted by molar-refractivity contribution is 6.31. The van der Waals surface area contributed by atoms with Gasteiger partial charge in [-0.3, -0.25) is 9.78 Å². The lowest BCUT2D eigenvalue weighted by Crippen LogP contribution is -2.33. The molecule has 0 aliphatic heterocycles. The number of aromatic nitrogens is 1. The molecule has 2 atom stereocenters. The quantitative estimate of drug-likeness (QED) is 0.755. The summed E-state index contributed by atoms with van der Waals surface area (Å²) in [6, 6.07) is 3.30. The number of hydrogen-bond acceptors (Lipinski definition) is 2. The monoisotopic (exact) mass is 241 g/mol. The molecule has 4 heteroatoms. The molecule has 0 amide bonds. The third-order valence-electron chi connectivity index (χ3n) is 3.13. The summed E-state index contributed by atoms with van der Waals surface area (Å²) in [5.41, 5.74) is -1.28. The fraction of sp³-hybridized carbons (Fsp3) is 0.500. The van der Waals surface area contributed by atoms with E-state index in [0.717, 1.165) is 0 Å². The molecular formula is C12H13ClFNO. The van der Waals surface area contributed by atoms with Crippen molar-refractivity contribution in [1.29, 1.82) is 0 Å². The molecule has 0 N–H and O–H groups in total. The van der Waals surface area contributed by atoms with Crippen LogP contribution in [-0.4, -0.2) is 10.8 Å². The Labute approximate surface area is 98.8 Å². The molecule has 1 saturated carbocycles. The number of rotatable bonds is 1. The van der Waals surface area contributed by atoms with Gasteiger partial charge in [0.2, 0.25) is 0 Å². The van der Waals surface area contributed by atoms with Crippen LogP contribution in [-0.2, 0) is 10.5 Å². The zero-order valence-electron chi connectivity index (χ0n) is 9.04. The molecule has 1 aliphatic carbocycles. The van der Waals surface area contributed by atoms with E-state index in [0.29, 0.717) is 5.02 Å². The molecular weight excluding hydrogens is 229 g/mol. The smallest absolute Gasteiger partial charge is 0.155 e. The Kier molecular flexibility index (Phi) is 2.98. The maximum Gasteiger partial charge on any atom is 0.155 e.